The molecular weight excluding hydrogens is 362 g/mol. The highest BCUT2D eigenvalue weighted by molar-refractivity contribution is 5.96. The van der Waals surface area contributed by atoms with Gasteiger partial charge in [0.25, 0.3) is 11.5 Å². The molecule has 0 spiro atoms. The Morgan fingerprint density at radius 3 is 2.75 bits per heavy atom. The molecule has 9 heteroatoms. The minimum atomic E-state index is -0.322. The lowest BCUT2D eigenvalue weighted by atomic mass is 9.94. The summed E-state index contributed by atoms with van der Waals surface area (Å²) in [6, 6.07) is -0.355. The van der Waals surface area contributed by atoms with Crippen LogP contribution in [0.4, 0.5) is 10.6 Å². The second-order valence-electron chi connectivity index (χ2n) is 7.55. The number of nitrogens with zero attached hydrogens (tertiary/aromatic N) is 4. The first-order valence-electron chi connectivity index (χ1n) is 10.2. The number of amides is 3. The third-order valence-electron chi connectivity index (χ3n) is 5.74. The fraction of sp³-hybridized carbons (Fsp3) is 0.684. The van der Waals surface area contributed by atoms with Gasteiger partial charge in [0.15, 0.2) is 0 Å². The smallest absolute Gasteiger partial charge is 0.326 e. The first-order chi connectivity index (χ1) is 13.6. The highest BCUT2D eigenvalue weighted by Gasteiger charge is 2.42. The molecule has 3 aliphatic rings. The summed E-state index contributed by atoms with van der Waals surface area (Å²) in [5.74, 6) is 0.0448. The monoisotopic (exact) mass is 389 g/mol. The Balaban J connectivity index is 1.75. The van der Waals surface area contributed by atoms with Crippen LogP contribution in [0.1, 0.15) is 61.3 Å². The summed E-state index contributed by atoms with van der Waals surface area (Å²) in [6.07, 6.45) is 4.40. The summed E-state index contributed by atoms with van der Waals surface area (Å²) < 4.78 is 5.29. The minimum Gasteiger partial charge on any atom is -0.378 e. The van der Waals surface area contributed by atoms with E-state index in [0.717, 1.165) is 32.1 Å². The van der Waals surface area contributed by atoms with Gasteiger partial charge in [0.2, 0.25) is 5.82 Å². The second kappa shape index (κ2) is 7.90. The van der Waals surface area contributed by atoms with Gasteiger partial charge in [-0.05, 0) is 25.7 Å². The number of aromatic amines is 1. The molecule has 1 N–H and O–H groups in total. The summed E-state index contributed by atoms with van der Waals surface area (Å²) >= 11 is 0. The Morgan fingerprint density at radius 1 is 1.21 bits per heavy atom. The fourth-order valence-corrected chi connectivity index (χ4v) is 4.22. The van der Waals surface area contributed by atoms with Crippen molar-refractivity contribution in [1.82, 2.24) is 19.8 Å². The Bertz CT molecular complexity index is 817. The van der Waals surface area contributed by atoms with Gasteiger partial charge in [0.05, 0.1) is 24.8 Å². The van der Waals surface area contributed by atoms with Crippen LogP contribution in [0.3, 0.4) is 0 Å². The van der Waals surface area contributed by atoms with Gasteiger partial charge in [-0.15, -0.1) is 0 Å². The molecule has 1 atom stereocenters. The minimum absolute atomic E-state index is 0.00390. The third kappa shape index (κ3) is 3.28. The number of piperidine rings is 1. The van der Waals surface area contributed by atoms with E-state index >= 15 is 0 Å². The standard InChI is InChI=1S/C19H27N5O4/c1-2-3-7-24-16-14(13-6-4-5-8-23(13)19(24)27)17(25)21-15(20-16)18(26)22-9-11-28-12-10-22/h13H,2-12H2,1H3,(H,20,21,25). The molecule has 3 aliphatic heterocycles. The number of nitrogens with one attached hydrogen (secondary N) is 1. The molecule has 0 aliphatic carbocycles. The lowest BCUT2D eigenvalue weighted by Crippen LogP contribution is -2.54. The van der Waals surface area contributed by atoms with Crippen molar-refractivity contribution in [3.05, 3.63) is 21.7 Å². The fourth-order valence-electron chi connectivity index (χ4n) is 4.22. The van der Waals surface area contributed by atoms with Crippen molar-refractivity contribution >= 4 is 17.8 Å². The SMILES string of the molecule is CCCCN1C(=O)N2CCCCC2c2c1nc(C(=O)N1CCOCC1)[nH]c2=O. The number of rotatable bonds is 4. The van der Waals surface area contributed by atoms with Gasteiger partial charge in [-0.1, -0.05) is 13.3 Å². The van der Waals surface area contributed by atoms with Gasteiger partial charge in [-0.25, -0.2) is 9.78 Å². The predicted molar refractivity (Wildman–Crippen MR) is 103 cm³/mol. The number of hydrogen-bond donors (Lipinski definition) is 1. The molecule has 4 heterocycles. The topological polar surface area (TPSA) is 98.8 Å². The van der Waals surface area contributed by atoms with E-state index in [9.17, 15) is 14.4 Å². The highest BCUT2D eigenvalue weighted by atomic mass is 16.5. The average Bonchev–Trinajstić information content (AvgIpc) is 2.73. The van der Waals surface area contributed by atoms with Crippen LogP contribution in [0.25, 0.3) is 0 Å². The zero-order valence-corrected chi connectivity index (χ0v) is 16.3. The van der Waals surface area contributed by atoms with Gasteiger partial charge in [0.1, 0.15) is 5.82 Å². The molecule has 2 saturated heterocycles. The summed E-state index contributed by atoms with van der Waals surface area (Å²) in [7, 11) is 0. The first kappa shape index (κ1) is 18.9. The van der Waals surface area contributed by atoms with Crippen LogP contribution in [-0.4, -0.2) is 71.1 Å². The van der Waals surface area contributed by atoms with Crippen LogP contribution in [0, 0.1) is 0 Å². The van der Waals surface area contributed by atoms with Crippen LogP contribution in [0.2, 0.25) is 0 Å². The molecule has 3 amide bonds. The number of ether oxygens (including phenoxy) is 1. The van der Waals surface area contributed by atoms with E-state index < -0.39 is 0 Å². The number of aromatic nitrogens is 2. The van der Waals surface area contributed by atoms with Crippen LogP contribution < -0.4 is 10.5 Å². The van der Waals surface area contributed by atoms with Crippen molar-refractivity contribution in [1.29, 1.82) is 0 Å². The summed E-state index contributed by atoms with van der Waals surface area (Å²) in [5, 5.41) is 0. The second-order valence-corrected chi connectivity index (χ2v) is 7.55. The molecule has 152 valence electrons. The van der Waals surface area contributed by atoms with Crippen molar-refractivity contribution < 1.29 is 14.3 Å². The van der Waals surface area contributed by atoms with Crippen LogP contribution in [-0.2, 0) is 4.74 Å². The number of anilines is 1. The van der Waals surface area contributed by atoms with Crippen molar-refractivity contribution in [3.8, 4) is 0 Å². The maximum Gasteiger partial charge on any atom is 0.326 e. The Labute approximate surface area is 163 Å². The number of morpholine rings is 1. The van der Waals surface area contributed by atoms with Crippen molar-refractivity contribution in [3.63, 3.8) is 0 Å². The van der Waals surface area contributed by atoms with Crippen molar-refractivity contribution in [2.45, 2.75) is 45.1 Å². The third-order valence-corrected chi connectivity index (χ3v) is 5.74. The summed E-state index contributed by atoms with van der Waals surface area (Å²) in [4.78, 5) is 51.2. The molecule has 1 aromatic rings. The van der Waals surface area contributed by atoms with Gasteiger partial charge < -0.3 is 19.5 Å². The summed E-state index contributed by atoms with van der Waals surface area (Å²) in [6.45, 7) is 5.07. The molecule has 0 bridgehead atoms. The predicted octanol–water partition coefficient (Wildman–Crippen LogP) is 1.51. The maximum atomic E-state index is 13.1. The Morgan fingerprint density at radius 2 is 2.00 bits per heavy atom. The van der Waals surface area contributed by atoms with Crippen molar-refractivity contribution in [2.24, 2.45) is 0 Å². The maximum absolute atomic E-state index is 13.1. The molecule has 1 unspecified atom stereocenters. The molecule has 0 saturated carbocycles. The van der Waals surface area contributed by atoms with E-state index in [2.05, 4.69) is 16.9 Å². The van der Waals surface area contributed by atoms with Gasteiger partial charge >= 0.3 is 6.03 Å². The van der Waals surface area contributed by atoms with E-state index in [-0.39, 0.29) is 29.4 Å². The van der Waals surface area contributed by atoms with Crippen LogP contribution in [0.15, 0.2) is 4.79 Å². The molecule has 4 rings (SSSR count). The normalized spacial score (nSPS) is 22.1. The molecule has 0 radical (unpaired) electrons. The van der Waals surface area contributed by atoms with E-state index in [1.165, 1.54) is 0 Å². The Kier molecular flexibility index (Phi) is 5.34. The molecule has 0 aromatic carbocycles. The quantitative estimate of drug-likeness (QED) is 0.842. The first-order valence-corrected chi connectivity index (χ1v) is 10.2. The number of fused-ring (bicyclic) bond motifs is 3. The summed E-state index contributed by atoms with van der Waals surface area (Å²) in [5.41, 5.74) is 0.210. The number of H-pyrrole nitrogens is 1. The Hall–Kier alpha value is -2.42. The number of carbonyl (C=O) groups is 2. The highest BCUT2D eigenvalue weighted by Crippen LogP contribution is 2.38. The largest absolute Gasteiger partial charge is 0.378 e. The van der Waals surface area contributed by atoms with Crippen LogP contribution >= 0.6 is 0 Å². The van der Waals surface area contributed by atoms with E-state index in [1.807, 2.05) is 0 Å². The molecule has 9 nitrogen and oxygen atoms in total. The van der Waals surface area contributed by atoms with E-state index in [1.54, 1.807) is 14.7 Å². The van der Waals surface area contributed by atoms with Gasteiger partial charge in [-0.3, -0.25) is 14.5 Å². The average molecular weight is 389 g/mol. The van der Waals surface area contributed by atoms with E-state index in [4.69, 9.17) is 4.74 Å². The molecule has 1 aromatic heterocycles. The number of hydrogen-bond acceptors (Lipinski definition) is 5. The number of unbranched alkanes of at least 4 members (excludes halogenated alkanes) is 1. The molecular formula is C19H27N5O4. The lowest BCUT2D eigenvalue weighted by molar-refractivity contribution is 0.0294. The van der Waals surface area contributed by atoms with Gasteiger partial charge in [-0.2, -0.15) is 0 Å². The van der Waals surface area contributed by atoms with Crippen molar-refractivity contribution in [2.75, 3.05) is 44.3 Å². The van der Waals surface area contributed by atoms with E-state index in [0.29, 0.717) is 50.8 Å². The zero-order valence-electron chi connectivity index (χ0n) is 16.3. The number of urea groups is 1. The zero-order chi connectivity index (χ0) is 19.7. The lowest BCUT2D eigenvalue weighted by Gasteiger charge is -2.43. The molecule has 2 fully saturated rings. The van der Waals surface area contributed by atoms with Gasteiger partial charge in [0, 0.05) is 26.2 Å². The van der Waals surface area contributed by atoms with Crippen LogP contribution in [0.5, 0.6) is 0 Å². The molecule has 28 heavy (non-hydrogen) atoms. The number of carbonyl (C=O) groups excluding carboxylic acids is 2.